The van der Waals surface area contributed by atoms with Gasteiger partial charge >= 0.3 is 0 Å². The molecule has 3 aromatic rings. The number of hydrogen-bond acceptors (Lipinski definition) is 4. The SMILES string of the molecule is Cc1cccc(-c2ccc(C[C@@]3(C(N)=O)CN(C(=O)c4ccccn4)CCO3)cc2)c1. The fourth-order valence-corrected chi connectivity index (χ4v) is 3.92. The summed E-state index contributed by atoms with van der Waals surface area (Å²) in [5, 5.41) is 0. The average Bonchev–Trinajstić information content (AvgIpc) is 2.80. The molecule has 0 aliphatic carbocycles. The number of hydrogen-bond donors (Lipinski definition) is 1. The van der Waals surface area contributed by atoms with Crippen molar-refractivity contribution in [3.63, 3.8) is 0 Å². The normalized spacial score (nSPS) is 18.5. The van der Waals surface area contributed by atoms with Crippen molar-refractivity contribution in [1.29, 1.82) is 0 Å². The van der Waals surface area contributed by atoms with Crippen LogP contribution in [0.15, 0.2) is 72.9 Å². The summed E-state index contributed by atoms with van der Waals surface area (Å²) >= 11 is 0. The van der Waals surface area contributed by atoms with Crippen LogP contribution in [0.2, 0.25) is 0 Å². The van der Waals surface area contributed by atoms with Crippen LogP contribution >= 0.6 is 0 Å². The van der Waals surface area contributed by atoms with Gasteiger partial charge in [-0.05, 0) is 35.7 Å². The van der Waals surface area contributed by atoms with Gasteiger partial charge in [0.1, 0.15) is 5.69 Å². The number of aryl methyl sites for hydroxylation is 1. The largest absolute Gasteiger partial charge is 0.367 e. The van der Waals surface area contributed by atoms with Crippen LogP contribution in [0, 0.1) is 6.92 Å². The topological polar surface area (TPSA) is 85.5 Å². The molecule has 158 valence electrons. The number of nitrogens with zero attached hydrogens (tertiary/aromatic N) is 2. The highest BCUT2D eigenvalue weighted by Crippen LogP contribution is 2.26. The summed E-state index contributed by atoms with van der Waals surface area (Å²) in [7, 11) is 0. The molecule has 0 radical (unpaired) electrons. The molecule has 1 aliphatic rings. The molecule has 2 aromatic carbocycles. The van der Waals surface area contributed by atoms with Crippen molar-refractivity contribution in [2.45, 2.75) is 18.9 Å². The third kappa shape index (κ3) is 4.49. The van der Waals surface area contributed by atoms with Crippen LogP contribution in [-0.4, -0.2) is 47.0 Å². The predicted molar refractivity (Wildman–Crippen MR) is 118 cm³/mol. The number of ether oxygens (including phenoxy) is 1. The maximum absolute atomic E-state index is 12.8. The van der Waals surface area contributed by atoms with Crippen LogP contribution in [0.25, 0.3) is 11.1 Å². The Hall–Kier alpha value is -3.51. The minimum Gasteiger partial charge on any atom is -0.367 e. The van der Waals surface area contributed by atoms with Gasteiger partial charge in [0.15, 0.2) is 5.60 Å². The Bertz CT molecular complexity index is 1080. The molecule has 1 aromatic heterocycles. The van der Waals surface area contributed by atoms with Gasteiger partial charge in [-0.3, -0.25) is 14.6 Å². The van der Waals surface area contributed by atoms with E-state index in [1.165, 1.54) is 5.56 Å². The zero-order valence-electron chi connectivity index (χ0n) is 17.5. The Kier molecular flexibility index (Phi) is 5.82. The van der Waals surface area contributed by atoms with Crippen molar-refractivity contribution in [2.24, 2.45) is 5.73 Å². The van der Waals surface area contributed by atoms with Gasteiger partial charge in [-0.15, -0.1) is 0 Å². The highest BCUT2D eigenvalue weighted by molar-refractivity contribution is 5.93. The number of amides is 2. The second-order valence-electron chi connectivity index (χ2n) is 7.89. The maximum Gasteiger partial charge on any atom is 0.272 e. The fraction of sp³-hybridized carbons (Fsp3) is 0.240. The zero-order valence-corrected chi connectivity index (χ0v) is 17.5. The van der Waals surface area contributed by atoms with Crippen molar-refractivity contribution in [3.05, 3.63) is 89.7 Å². The van der Waals surface area contributed by atoms with E-state index in [-0.39, 0.29) is 19.1 Å². The third-order valence-corrected chi connectivity index (χ3v) is 5.60. The van der Waals surface area contributed by atoms with E-state index in [1.807, 2.05) is 30.3 Å². The summed E-state index contributed by atoms with van der Waals surface area (Å²) < 4.78 is 5.89. The fourth-order valence-electron chi connectivity index (χ4n) is 3.92. The van der Waals surface area contributed by atoms with Gasteiger partial charge in [-0.1, -0.05) is 60.2 Å². The monoisotopic (exact) mass is 415 g/mol. The second kappa shape index (κ2) is 8.70. The number of rotatable bonds is 5. The summed E-state index contributed by atoms with van der Waals surface area (Å²) in [6, 6.07) is 21.5. The number of primary amides is 1. The van der Waals surface area contributed by atoms with Gasteiger partial charge in [0, 0.05) is 19.2 Å². The van der Waals surface area contributed by atoms with E-state index in [4.69, 9.17) is 10.5 Å². The van der Waals surface area contributed by atoms with Gasteiger partial charge in [0.05, 0.1) is 13.2 Å². The second-order valence-corrected chi connectivity index (χ2v) is 7.89. The van der Waals surface area contributed by atoms with E-state index in [1.54, 1.807) is 29.3 Å². The number of pyridine rings is 1. The van der Waals surface area contributed by atoms with Crippen LogP contribution in [0.4, 0.5) is 0 Å². The van der Waals surface area contributed by atoms with Crippen molar-refractivity contribution in [2.75, 3.05) is 19.7 Å². The minimum atomic E-state index is -1.27. The number of morpholine rings is 1. The van der Waals surface area contributed by atoms with Crippen molar-refractivity contribution in [3.8, 4) is 11.1 Å². The van der Waals surface area contributed by atoms with E-state index in [0.29, 0.717) is 18.7 Å². The molecule has 2 heterocycles. The van der Waals surface area contributed by atoms with Crippen LogP contribution in [-0.2, 0) is 16.0 Å². The van der Waals surface area contributed by atoms with E-state index in [9.17, 15) is 9.59 Å². The lowest BCUT2D eigenvalue weighted by Gasteiger charge is -2.40. The van der Waals surface area contributed by atoms with Gasteiger partial charge in [0.2, 0.25) is 0 Å². The number of carbonyl (C=O) groups is 2. The molecule has 1 fully saturated rings. The standard InChI is InChI=1S/C25H25N3O3/c1-18-5-4-6-21(15-18)20-10-8-19(9-11-20)16-25(24(26)30)17-28(13-14-31-25)23(29)22-7-2-3-12-27-22/h2-12,15H,13-14,16-17H2,1H3,(H2,26,30)/t25-/m0/s1. The lowest BCUT2D eigenvalue weighted by molar-refractivity contribution is -0.153. The average molecular weight is 415 g/mol. The van der Waals surface area contributed by atoms with Crippen molar-refractivity contribution < 1.29 is 14.3 Å². The van der Waals surface area contributed by atoms with Crippen LogP contribution in [0.1, 0.15) is 21.6 Å². The first-order valence-electron chi connectivity index (χ1n) is 10.3. The van der Waals surface area contributed by atoms with Crippen LogP contribution < -0.4 is 5.73 Å². The molecule has 1 aliphatic heterocycles. The van der Waals surface area contributed by atoms with Crippen molar-refractivity contribution in [1.82, 2.24) is 9.88 Å². The summed E-state index contributed by atoms with van der Waals surface area (Å²) in [6.07, 6.45) is 1.87. The van der Waals surface area contributed by atoms with Gasteiger partial charge < -0.3 is 15.4 Å². The Labute approximate surface area is 181 Å². The summed E-state index contributed by atoms with van der Waals surface area (Å²) in [5.74, 6) is -0.807. The molecule has 31 heavy (non-hydrogen) atoms. The molecule has 1 atom stereocenters. The molecule has 4 rings (SSSR count). The Balaban J connectivity index is 1.54. The van der Waals surface area contributed by atoms with Gasteiger partial charge in [0.25, 0.3) is 11.8 Å². The lowest BCUT2D eigenvalue weighted by Crippen LogP contribution is -2.61. The summed E-state index contributed by atoms with van der Waals surface area (Å²) in [5.41, 5.74) is 9.19. The van der Waals surface area contributed by atoms with Crippen molar-refractivity contribution >= 4 is 11.8 Å². The van der Waals surface area contributed by atoms with E-state index >= 15 is 0 Å². The molecule has 0 spiro atoms. The number of carbonyl (C=O) groups excluding carboxylic acids is 2. The first kappa shape index (κ1) is 20.8. The minimum absolute atomic E-state index is 0.0946. The molecular weight excluding hydrogens is 390 g/mol. The van der Waals surface area contributed by atoms with Gasteiger partial charge in [-0.25, -0.2) is 0 Å². The van der Waals surface area contributed by atoms with E-state index in [0.717, 1.165) is 16.7 Å². The summed E-state index contributed by atoms with van der Waals surface area (Å²) in [4.78, 5) is 31.0. The molecule has 2 amide bonds. The first-order chi connectivity index (χ1) is 15.0. The summed E-state index contributed by atoms with van der Waals surface area (Å²) in [6.45, 7) is 2.78. The lowest BCUT2D eigenvalue weighted by atomic mass is 9.90. The molecule has 6 heteroatoms. The molecular formula is C25H25N3O3. The number of benzene rings is 2. The highest BCUT2D eigenvalue weighted by atomic mass is 16.5. The molecule has 0 bridgehead atoms. The number of nitrogens with two attached hydrogens (primary N) is 1. The molecule has 0 saturated carbocycles. The van der Waals surface area contributed by atoms with E-state index < -0.39 is 11.5 Å². The Morgan fingerprint density at radius 1 is 1.06 bits per heavy atom. The molecule has 0 unspecified atom stereocenters. The molecule has 1 saturated heterocycles. The maximum atomic E-state index is 12.8. The quantitative estimate of drug-likeness (QED) is 0.694. The predicted octanol–water partition coefficient (Wildman–Crippen LogP) is 3.00. The smallest absolute Gasteiger partial charge is 0.272 e. The first-order valence-corrected chi connectivity index (χ1v) is 10.3. The van der Waals surface area contributed by atoms with E-state index in [2.05, 4.69) is 30.1 Å². The third-order valence-electron chi connectivity index (χ3n) is 5.60. The molecule has 6 nitrogen and oxygen atoms in total. The Morgan fingerprint density at radius 3 is 2.55 bits per heavy atom. The molecule has 2 N–H and O–H groups in total. The van der Waals surface area contributed by atoms with Gasteiger partial charge in [-0.2, -0.15) is 0 Å². The highest BCUT2D eigenvalue weighted by Gasteiger charge is 2.44. The Morgan fingerprint density at radius 2 is 1.87 bits per heavy atom. The van der Waals surface area contributed by atoms with Crippen LogP contribution in [0.5, 0.6) is 0 Å². The van der Waals surface area contributed by atoms with Crippen LogP contribution in [0.3, 0.4) is 0 Å². The number of aromatic nitrogens is 1. The zero-order chi connectivity index (χ0) is 21.8.